The zero-order valence-corrected chi connectivity index (χ0v) is 13.0. The van der Waals surface area contributed by atoms with Crippen LogP contribution in [0.1, 0.15) is 27.9 Å². The predicted octanol–water partition coefficient (Wildman–Crippen LogP) is 3.70. The van der Waals surface area contributed by atoms with E-state index in [4.69, 9.17) is 11.6 Å². The van der Waals surface area contributed by atoms with E-state index < -0.39 is 5.91 Å². The van der Waals surface area contributed by atoms with E-state index in [0.29, 0.717) is 5.03 Å². The first-order valence-corrected chi connectivity index (χ1v) is 7.63. The van der Waals surface area contributed by atoms with Gasteiger partial charge in [0.1, 0.15) is 5.75 Å². The first kappa shape index (κ1) is 15.3. The summed E-state index contributed by atoms with van der Waals surface area (Å²) in [6, 6.07) is 14.3. The first-order chi connectivity index (χ1) is 11.2. The Kier molecular flexibility index (Phi) is 4.44. The largest absolute Gasteiger partial charge is 0.507 e. The van der Waals surface area contributed by atoms with E-state index in [2.05, 4.69) is 16.6 Å². The van der Waals surface area contributed by atoms with E-state index in [1.54, 1.807) is 18.3 Å². The van der Waals surface area contributed by atoms with Gasteiger partial charge in [-0.05, 0) is 41.7 Å². The van der Waals surface area contributed by atoms with Crippen LogP contribution >= 0.6 is 11.6 Å². The van der Waals surface area contributed by atoms with Gasteiger partial charge >= 0.3 is 0 Å². The molecule has 2 N–H and O–H groups in total. The lowest BCUT2D eigenvalue weighted by molar-refractivity contribution is 0.0952. The van der Waals surface area contributed by atoms with E-state index in [1.807, 2.05) is 18.2 Å². The van der Waals surface area contributed by atoms with Gasteiger partial charge in [-0.25, -0.2) is 5.43 Å². The molecule has 0 unspecified atom stereocenters. The van der Waals surface area contributed by atoms with Crippen molar-refractivity contribution in [2.75, 3.05) is 0 Å². The summed E-state index contributed by atoms with van der Waals surface area (Å²) >= 11 is 6.41. The molecule has 4 nitrogen and oxygen atoms in total. The molecule has 0 saturated carbocycles. The Balaban J connectivity index is 1.74. The van der Waals surface area contributed by atoms with E-state index in [-0.39, 0.29) is 11.3 Å². The lowest BCUT2D eigenvalue weighted by atomic mass is 9.92. The number of amides is 1. The van der Waals surface area contributed by atoms with E-state index >= 15 is 0 Å². The fourth-order valence-corrected chi connectivity index (χ4v) is 2.85. The number of rotatable bonds is 3. The van der Waals surface area contributed by atoms with Crippen molar-refractivity contribution in [3.8, 4) is 5.75 Å². The molecule has 2 aromatic rings. The third-order valence-corrected chi connectivity index (χ3v) is 4.18. The highest BCUT2D eigenvalue weighted by Crippen LogP contribution is 2.32. The Morgan fingerprint density at radius 2 is 1.87 bits per heavy atom. The number of para-hydroxylation sites is 1. The highest BCUT2D eigenvalue weighted by atomic mass is 35.5. The normalized spacial score (nSPS) is 14.0. The van der Waals surface area contributed by atoms with Gasteiger partial charge in [-0.1, -0.05) is 48.0 Å². The van der Waals surface area contributed by atoms with Gasteiger partial charge in [-0.2, -0.15) is 5.10 Å². The van der Waals surface area contributed by atoms with Crippen molar-refractivity contribution in [2.45, 2.75) is 12.8 Å². The van der Waals surface area contributed by atoms with E-state index in [0.717, 1.165) is 24.0 Å². The number of phenolic OH excluding ortho intramolecular Hbond substituents is 1. The molecule has 116 valence electrons. The van der Waals surface area contributed by atoms with Crippen LogP contribution in [0.5, 0.6) is 5.75 Å². The fourth-order valence-electron chi connectivity index (χ4n) is 2.52. The van der Waals surface area contributed by atoms with Gasteiger partial charge in [0.2, 0.25) is 0 Å². The smallest absolute Gasteiger partial charge is 0.275 e. The Morgan fingerprint density at radius 3 is 2.70 bits per heavy atom. The second kappa shape index (κ2) is 6.67. The van der Waals surface area contributed by atoms with Crippen LogP contribution in [0.2, 0.25) is 0 Å². The molecule has 23 heavy (non-hydrogen) atoms. The Labute approximate surface area is 139 Å². The maximum atomic E-state index is 12.0. The molecule has 0 spiro atoms. The van der Waals surface area contributed by atoms with Gasteiger partial charge in [0.05, 0.1) is 16.8 Å². The number of halogens is 1. The van der Waals surface area contributed by atoms with E-state index in [1.165, 1.54) is 17.7 Å². The average Bonchev–Trinajstić information content (AvgIpc) is 2.57. The molecule has 0 aromatic heterocycles. The van der Waals surface area contributed by atoms with Crippen LogP contribution in [0.25, 0.3) is 5.03 Å². The van der Waals surface area contributed by atoms with Gasteiger partial charge in [0.15, 0.2) is 0 Å². The van der Waals surface area contributed by atoms with Crippen LogP contribution in [0.3, 0.4) is 0 Å². The highest BCUT2D eigenvalue weighted by molar-refractivity contribution is 6.51. The van der Waals surface area contributed by atoms with Gasteiger partial charge in [-0.3, -0.25) is 4.79 Å². The second-order valence-corrected chi connectivity index (χ2v) is 5.59. The Morgan fingerprint density at radius 1 is 1.13 bits per heavy atom. The molecule has 0 bridgehead atoms. The number of nitrogens with zero attached hydrogens (tertiary/aromatic N) is 1. The molecule has 1 aliphatic rings. The number of aromatic hydroxyl groups is 1. The number of aryl methyl sites for hydroxylation is 1. The molecule has 0 saturated heterocycles. The molecule has 1 amide bonds. The number of hydrogen-bond donors (Lipinski definition) is 2. The fraction of sp³-hybridized carbons (Fsp3) is 0.111. The summed E-state index contributed by atoms with van der Waals surface area (Å²) in [6.07, 6.45) is 3.23. The lowest BCUT2D eigenvalue weighted by Gasteiger charge is -2.17. The van der Waals surface area contributed by atoms with Crippen molar-refractivity contribution in [1.29, 1.82) is 0 Å². The Bertz CT molecular complexity index is 812. The number of hydrogen-bond acceptors (Lipinski definition) is 3. The summed E-state index contributed by atoms with van der Waals surface area (Å²) in [6.45, 7) is 0. The Hall–Kier alpha value is -2.59. The molecular formula is C18H15ClN2O2. The minimum Gasteiger partial charge on any atom is -0.507 e. The zero-order chi connectivity index (χ0) is 16.2. The molecule has 0 heterocycles. The third kappa shape index (κ3) is 3.27. The number of benzene rings is 2. The summed E-state index contributed by atoms with van der Waals surface area (Å²) in [5.74, 6) is -0.545. The summed E-state index contributed by atoms with van der Waals surface area (Å²) in [5.41, 5.74) is 5.69. The van der Waals surface area contributed by atoms with Crippen molar-refractivity contribution in [1.82, 2.24) is 5.43 Å². The number of hydrazone groups is 1. The molecule has 1 aliphatic carbocycles. The van der Waals surface area contributed by atoms with Gasteiger partial charge in [0, 0.05) is 0 Å². The summed E-state index contributed by atoms with van der Waals surface area (Å²) in [4.78, 5) is 12.0. The van der Waals surface area contributed by atoms with Crippen LogP contribution in [0, 0.1) is 0 Å². The SMILES string of the molecule is O=C(N/N=C\C1=C(Cl)c2ccccc2CC1)c1ccccc1O. The first-order valence-electron chi connectivity index (χ1n) is 7.25. The van der Waals surface area contributed by atoms with E-state index in [9.17, 15) is 9.90 Å². The molecule has 3 rings (SSSR count). The quantitative estimate of drug-likeness (QED) is 0.667. The maximum absolute atomic E-state index is 12.0. The third-order valence-electron chi connectivity index (χ3n) is 3.73. The second-order valence-electron chi connectivity index (χ2n) is 5.21. The minimum absolute atomic E-state index is 0.0796. The summed E-state index contributed by atoms with van der Waals surface area (Å²) in [7, 11) is 0. The van der Waals surface area contributed by atoms with Crippen LogP contribution in [-0.4, -0.2) is 17.2 Å². The predicted molar refractivity (Wildman–Crippen MR) is 91.6 cm³/mol. The molecular weight excluding hydrogens is 312 g/mol. The molecule has 0 fully saturated rings. The van der Waals surface area contributed by atoms with Crippen molar-refractivity contribution in [3.05, 3.63) is 70.8 Å². The minimum atomic E-state index is -0.465. The number of fused-ring (bicyclic) bond motifs is 1. The van der Waals surface area contributed by atoms with Crippen LogP contribution < -0.4 is 5.43 Å². The number of phenols is 1. The molecule has 0 aliphatic heterocycles. The lowest BCUT2D eigenvalue weighted by Crippen LogP contribution is -2.18. The highest BCUT2D eigenvalue weighted by Gasteiger charge is 2.16. The molecule has 2 aromatic carbocycles. The van der Waals surface area contributed by atoms with Crippen LogP contribution in [-0.2, 0) is 6.42 Å². The van der Waals surface area contributed by atoms with Crippen molar-refractivity contribution in [2.24, 2.45) is 5.10 Å². The molecule has 0 atom stereocenters. The van der Waals surface area contributed by atoms with Crippen molar-refractivity contribution >= 4 is 28.8 Å². The van der Waals surface area contributed by atoms with Crippen LogP contribution in [0.4, 0.5) is 0 Å². The summed E-state index contributed by atoms with van der Waals surface area (Å²) in [5, 5.41) is 14.3. The van der Waals surface area contributed by atoms with Crippen molar-refractivity contribution < 1.29 is 9.90 Å². The molecule has 0 radical (unpaired) electrons. The van der Waals surface area contributed by atoms with Gasteiger partial charge in [0.25, 0.3) is 5.91 Å². The monoisotopic (exact) mass is 326 g/mol. The van der Waals surface area contributed by atoms with Gasteiger partial charge in [-0.15, -0.1) is 0 Å². The number of allylic oxidation sites excluding steroid dienone is 1. The number of nitrogens with one attached hydrogen (secondary N) is 1. The maximum Gasteiger partial charge on any atom is 0.275 e. The number of carbonyl (C=O) groups is 1. The van der Waals surface area contributed by atoms with Crippen LogP contribution in [0.15, 0.2) is 59.2 Å². The standard InChI is InChI=1S/C18H15ClN2O2/c19-17-13(10-9-12-5-1-2-6-14(12)17)11-20-21-18(23)15-7-3-4-8-16(15)22/h1-8,11,22H,9-10H2,(H,21,23)/b20-11-. The summed E-state index contributed by atoms with van der Waals surface area (Å²) < 4.78 is 0. The van der Waals surface area contributed by atoms with Gasteiger partial charge < -0.3 is 5.11 Å². The average molecular weight is 327 g/mol. The number of carbonyl (C=O) groups excluding carboxylic acids is 1. The zero-order valence-electron chi connectivity index (χ0n) is 12.3. The van der Waals surface area contributed by atoms with Crippen molar-refractivity contribution in [3.63, 3.8) is 0 Å². The molecule has 5 heteroatoms. The topological polar surface area (TPSA) is 61.7 Å².